The molecule has 4 atom stereocenters. The zero-order chi connectivity index (χ0) is 25.4. The minimum Gasteiger partial charge on any atom is -0.508 e. The number of rotatable bonds is 11. The molecular weight excluding hydrogens is 452 g/mol. The average molecular weight is 480 g/mol. The molecule has 1 aromatic carbocycles. The van der Waals surface area contributed by atoms with Crippen LogP contribution >= 0.6 is 0 Å². The maximum atomic E-state index is 12.8. The van der Waals surface area contributed by atoms with E-state index in [4.69, 9.17) is 10.8 Å². The summed E-state index contributed by atoms with van der Waals surface area (Å²) in [5, 5.41) is 41.6. The van der Waals surface area contributed by atoms with Crippen molar-refractivity contribution in [3.05, 3.63) is 29.8 Å². The Morgan fingerprint density at radius 2 is 1.71 bits per heavy atom. The van der Waals surface area contributed by atoms with E-state index in [1.807, 2.05) is 0 Å². The molecule has 1 aliphatic heterocycles. The number of likely N-dealkylation sites (tertiary alicyclic amines) is 1. The first-order valence-corrected chi connectivity index (χ1v) is 10.5. The molecule has 1 saturated heterocycles. The van der Waals surface area contributed by atoms with Crippen LogP contribution in [-0.2, 0) is 30.4 Å². The first kappa shape index (κ1) is 26.5. The van der Waals surface area contributed by atoms with E-state index in [1.54, 1.807) is 0 Å². The number of phenolic OH excluding ortho intramolecular Hbond substituents is 1. The highest BCUT2D eigenvalue weighted by atomic mass is 16.4. The number of benzene rings is 1. The van der Waals surface area contributed by atoms with Gasteiger partial charge in [0.15, 0.2) is 0 Å². The van der Waals surface area contributed by atoms with Crippen LogP contribution in [0.5, 0.6) is 5.75 Å². The summed E-state index contributed by atoms with van der Waals surface area (Å²) in [6, 6.07) is 0.368. The second-order valence-corrected chi connectivity index (χ2v) is 7.91. The molecule has 4 unspecified atom stereocenters. The number of hydrogen-bond acceptors (Lipinski definition) is 8. The lowest BCUT2D eigenvalue weighted by atomic mass is 10.0. The van der Waals surface area contributed by atoms with Gasteiger partial charge in [-0.05, 0) is 30.5 Å². The average Bonchev–Trinajstić information content (AvgIpc) is 3.28. The molecule has 186 valence electrons. The molecule has 1 aliphatic rings. The summed E-state index contributed by atoms with van der Waals surface area (Å²) in [4.78, 5) is 61.9. The summed E-state index contributed by atoms with van der Waals surface area (Å²) in [6.45, 7) is -0.417. The second kappa shape index (κ2) is 12.0. The summed E-state index contributed by atoms with van der Waals surface area (Å²) in [7, 11) is 0. The molecule has 0 spiro atoms. The molecule has 2 rings (SSSR count). The van der Waals surface area contributed by atoms with Gasteiger partial charge >= 0.3 is 11.9 Å². The lowest BCUT2D eigenvalue weighted by Gasteiger charge is -2.28. The third kappa shape index (κ3) is 7.15. The minimum atomic E-state index is -1.60. The zero-order valence-electron chi connectivity index (χ0n) is 18.2. The Kier molecular flexibility index (Phi) is 9.33. The molecule has 0 bridgehead atoms. The number of nitrogens with one attached hydrogen (secondary N) is 2. The molecule has 1 heterocycles. The summed E-state index contributed by atoms with van der Waals surface area (Å²) < 4.78 is 0. The maximum Gasteiger partial charge on any atom is 0.326 e. The van der Waals surface area contributed by atoms with Crippen molar-refractivity contribution in [2.45, 2.75) is 49.9 Å². The lowest BCUT2D eigenvalue weighted by molar-refractivity contribution is -0.145. The van der Waals surface area contributed by atoms with Gasteiger partial charge in [-0.1, -0.05) is 12.1 Å². The van der Waals surface area contributed by atoms with Gasteiger partial charge < -0.3 is 41.7 Å². The predicted molar refractivity (Wildman–Crippen MR) is 115 cm³/mol. The third-order valence-corrected chi connectivity index (χ3v) is 5.35. The Morgan fingerprint density at radius 1 is 1.06 bits per heavy atom. The fourth-order valence-electron chi connectivity index (χ4n) is 3.59. The van der Waals surface area contributed by atoms with Crippen molar-refractivity contribution in [1.82, 2.24) is 15.5 Å². The number of carboxylic acid groups (broad SMARTS) is 2. The smallest absolute Gasteiger partial charge is 0.326 e. The molecule has 1 fully saturated rings. The summed E-state index contributed by atoms with van der Waals surface area (Å²) in [6.07, 6.45) is -0.264. The van der Waals surface area contributed by atoms with Gasteiger partial charge in [-0.3, -0.25) is 19.2 Å². The SMILES string of the molecule is NC(CO)C(=O)N1CCCC1C(=O)NC(CC(=O)O)C(=O)NC(Cc1ccc(O)cc1)C(=O)O. The van der Waals surface area contributed by atoms with E-state index in [0.717, 1.165) is 4.90 Å². The van der Waals surface area contributed by atoms with Gasteiger partial charge in [0.05, 0.1) is 13.0 Å². The van der Waals surface area contributed by atoms with E-state index in [9.17, 15) is 39.3 Å². The topological polar surface area (TPSA) is 220 Å². The Bertz CT molecular complexity index is 921. The highest BCUT2D eigenvalue weighted by Crippen LogP contribution is 2.19. The van der Waals surface area contributed by atoms with Crippen LogP contribution in [0.1, 0.15) is 24.8 Å². The van der Waals surface area contributed by atoms with E-state index in [1.165, 1.54) is 24.3 Å². The minimum absolute atomic E-state index is 0.0247. The van der Waals surface area contributed by atoms with Crippen LogP contribution in [0, 0.1) is 0 Å². The zero-order valence-corrected chi connectivity index (χ0v) is 18.2. The number of nitrogens with two attached hydrogens (primary N) is 1. The van der Waals surface area contributed by atoms with E-state index in [-0.39, 0.29) is 25.1 Å². The largest absolute Gasteiger partial charge is 0.508 e. The Hall–Kier alpha value is -3.71. The first-order chi connectivity index (χ1) is 16.0. The Labute approximate surface area is 194 Å². The number of carbonyl (C=O) groups is 5. The Morgan fingerprint density at radius 3 is 2.26 bits per heavy atom. The lowest BCUT2D eigenvalue weighted by Crippen LogP contribution is -2.57. The fourth-order valence-corrected chi connectivity index (χ4v) is 3.59. The monoisotopic (exact) mass is 480 g/mol. The van der Waals surface area contributed by atoms with Crippen molar-refractivity contribution in [3.63, 3.8) is 0 Å². The number of phenols is 1. The van der Waals surface area contributed by atoms with E-state index in [0.29, 0.717) is 12.0 Å². The van der Waals surface area contributed by atoms with Crippen molar-refractivity contribution in [3.8, 4) is 5.75 Å². The Balaban J connectivity index is 2.12. The van der Waals surface area contributed by atoms with Gasteiger partial charge in [0.2, 0.25) is 17.7 Å². The molecule has 13 heteroatoms. The van der Waals surface area contributed by atoms with Gasteiger partial charge in [-0.15, -0.1) is 0 Å². The fraction of sp³-hybridized carbons (Fsp3) is 0.476. The van der Waals surface area contributed by atoms with E-state index < -0.39 is 66.9 Å². The van der Waals surface area contributed by atoms with Gasteiger partial charge in [0.25, 0.3) is 0 Å². The molecule has 3 amide bonds. The summed E-state index contributed by atoms with van der Waals surface area (Å²) >= 11 is 0. The van der Waals surface area contributed by atoms with E-state index in [2.05, 4.69) is 10.6 Å². The van der Waals surface area contributed by atoms with Crippen molar-refractivity contribution < 1.29 is 44.4 Å². The van der Waals surface area contributed by atoms with Crippen LogP contribution in [0.15, 0.2) is 24.3 Å². The molecule has 0 radical (unpaired) electrons. The van der Waals surface area contributed by atoms with Gasteiger partial charge in [0.1, 0.15) is 29.9 Å². The van der Waals surface area contributed by atoms with Crippen molar-refractivity contribution in [1.29, 1.82) is 0 Å². The number of aromatic hydroxyl groups is 1. The summed E-state index contributed by atoms with van der Waals surface area (Å²) in [5.41, 5.74) is 6.03. The molecule has 0 aliphatic carbocycles. The van der Waals surface area contributed by atoms with Crippen molar-refractivity contribution in [2.24, 2.45) is 5.73 Å². The van der Waals surface area contributed by atoms with Gasteiger partial charge in [0, 0.05) is 13.0 Å². The van der Waals surface area contributed by atoms with Gasteiger partial charge in [-0.25, -0.2) is 4.79 Å². The number of carboxylic acids is 2. The molecule has 0 aromatic heterocycles. The number of aliphatic carboxylic acids is 2. The summed E-state index contributed by atoms with van der Waals surface area (Å²) in [5.74, 6) is -5.28. The standard InChI is InChI=1S/C21H28N4O9/c22-13(10-26)20(32)25-7-1-2-16(25)19(31)23-14(9-17(28)29)18(30)24-15(21(33)34)8-11-3-5-12(27)6-4-11/h3-6,13-16,26-27H,1-2,7-10,22H2,(H,23,31)(H,24,30)(H,28,29)(H,33,34). The highest BCUT2D eigenvalue weighted by molar-refractivity contribution is 5.95. The highest BCUT2D eigenvalue weighted by Gasteiger charge is 2.38. The molecule has 34 heavy (non-hydrogen) atoms. The third-order valence-electron chi connectivity index (χ3n) is 5.35. The predicted octanol–water partition coefficient (Wildman–Crippen LogP) is -2.23. The number of amides is 3. The van der Waals surface area contributed by atoms with Crippen molar-refractivity contribution in [2.75, 3.05) is 13.2 Å². The quantitative estimate of drug-likeness (QED) is 0.181. The van der Waals surface area contributed by atoms with Crippen LogP contribution in [-0.4, -0.2) is 92.3 Å². The molecule has 1 aromatic rings. The number of hydrogen-bond donors (Lipinski definition) is 7. The molecular formula is C21H28N4O9. The maximum absolute atomic E-state index is 12.8. The second-order valence-electron chi connectivity index (χ2n) is 7.91. The van der Waals surface area contributed by atoms with Gasteiger partial charge in [-0.2, -0.15) is 0 Å². The molecule has 0 saturated carbocycles. The number of aliphatic hydroxyl groups excluding tert-OH is 1. The van der Waals surface area contributed by atoms with E-state index >= 15 is 0 Å². The van der Waals surface area contributed by atoms with Crippen LogP contribution in [0.25, 0.3) is 0 Å². The van der Waals surface area contributed by atoms with Crippen molar-refractivity contribution >= 4 is 29.7 Å². The molecule has 8 N–H and O–H groups in total. The molecule has 13 nitrogen and oxygen atoms in total. The van der Waals surface area contributed by atoms with Crippen LogP contribution in [0.4, 0.5) is 0 Å². The van der Waals surface area contributed by atoms with Crippen LogP contribution in [0.2, 0.25) is 0 Å². The van der Waals surface area contributed by atoms with Crippen LogP contribution < -0.4 is 16.4 Å². The number of nitrogens with zero attached hydrogens (tertiary/aromatic N) is 1. The van der Waals surface area contributed by atoms with Crippen LogP contribution in [0.3, 0.4) is 0 Å². The number of carbonyl (C=O) groups excluding carboxylic acids is 3. The number of aliphatic hydroxyl groups is 1. The first-order valence-electron chi connectivity index (χ1n) is 10.5. The normalized spacial score (nSPS) is 17.9.